The Kier molecular flexibility index (Phi) is 6.03. The van der Waals surface area contributed by atoms with Crippen molar-refractivity contribution in [2.24, 2.45) is 0 Å². The quantitative estimate of drug-likeness (QED) is 0.630. The second-order valence-corrected chi connectivity index (χ2v) is 7.88. The minimum Gasteiger partial charge on any atom is -0.447 e. The van der Waals surface area contributed by atoms with Crippen LogP contribution in [0.2, 0.25) is 0 Å². The van der Waals surface area contributed by atoms with Gasteiger partial charge in [0.1, 0.15) is 12.1 Å². The Balaban J connectivity index is 1.31. The van der Waals surface area contributed by atoms with Gasteiger partial charge >= 0.3 is 0 Å². The molecule has 31 heavy (non-hydrogen) atoms. The van der Waals surface area contributed by atoms with Gasteiger partial charge < -0.3 is 14.6 Å². The normalized spacial score (nSPS) is 15.8. The third-order valence-electron chi connectivity index (χ3n) is 5.67. The minimum atomic E-state index is -0.285. The summed E-state index contributed by atoms with van der Waals surface area (Å²) in [5.74, 6) is 0.00836. The standard InChI is InChI=1S/C22H27FN6O2/c1-14(21-15(2)26-27-16(21)3)24-22(30)18-13-31-20(25-18)12-28-8-10-29(11-9-28)19-7-5-4-6-17(19)23/h4-7,13-14H,8-12H2,1-3H3,(H,24,30)(H,26,27)/t14-/m0/s1. The van der Waals surface area contributed by atoms with Crippen LogP contribution in [0.3, 0.4) is 0 Å². The number of nitrogens with one attached hydrogen (secondary N) is 2. The molecule has 4 rings (SSSR count). The second kappa shape index (κ2) is 8.89. The molecule has 1 aromatic carbocycles. The smallest absolute Gasteiger partial charge is 0.273 e. The van der Waals surface area contributed by atoms with Crippen molar-refractivity contribution in [3.8, 4) is 0 Å². The van der Waals surface area contributed by atoms with Crippen LogP contribution >= 0.6 is 0 Å². The maximum atomic E-state index is 14.0. The summed E-state index contributed by atoms with van der Waals surface area (Å²) >= 11 is 0. The maximum absolute atomic E-state index is 14.0. The van der Waals surface area contributed by atoms with E-state index in [0.717, 1.165) is 43.1 Å². The Morgan fingerprint density at radius 3 is 2.68 bits per heavy atom. The number of para-hydroxylation sites is 1. The lowest BCUT2D eigenvalue weighted by atomic mass is 10.1. The van der Waals surface area contributed by atoms with Crippen LogP contribution in [0, 0.1) is 19.7 Å². The van der Waals surface area contributed by atoms with Crippen molar-refractivity contribution in [2.45, 2.75) is 33.4 Å². The van der Waals surface area contributed by atoms with Gasteiger partial charge in [-0.1, -0.05) is 12.1 Å². The van der Waals surface area contributed by atoms with Gasteiger partial charge in [0.05, 0.1) is 24.0 Å². The van der Waals surface area contributed by atoms with E-state index < -0.39 is 0 Å². The van der Waals surface area contributed by atoms with E-state index in [2.05, 4.69) is 25.4 Å². The maximum Gasteiger partial charge on any atom is 0.273 e. The second-order valence-electron chi connectivity index (χ2n) is 7.88. The molecule has 0 aliphatic carbocycles. The fourth-order valence-electron chi connectivity index (χ4n) is 4.07. The van der Waals surface area contributed by atoms with Gasteiger partial charge in [0.2, 0.25) is 5.89 Å². The minimum absolute atomic E-state index is 0.196. The highest BCUT2D eigenvalue weighted by Gasteiger charge is 2.23. The summed E-state index contributed by atoms with van der Waals surface area (Å²) in [6.07, 6.45) is 1.39. The number of hydrogen-bond donors (Lipinski definition) is 2. The number of aryl methyl sites for hydroxylation is 2. The molecular weight excluding hydrogens is 399 g/mol. The highest BCUT2D eigenvalue weighted by Crippen LogP contribution is 2.21. The number of carbonyl (C=O) groups is 1. The molecule has 1 saturated heterocycles. The van der Waals surface area contributed by atoms with Crippen LogP contribution in [0.1, 0.15) is 46.3 Å². The molecule has 0 radical (unpaired) electrons. The number of nitrogens with zero attached hydrogens (tertiary/aromatic N) is 4. The summed E-state index contributed by atoms with van der Waals surface area (Å²) in [6, 6.07) is 6.64. The van der Waals surface area contributed by atoms with Crippen molar-refractivity contribution < 1.29 is 13.6 Å². The average molecular weight is 426 g/mol. The Morgan fingerprint density at radius 2 is 2.00 bits per heavy atom. The molecule has 2 N–H and O–H groups in total. The summed E-state index contributed by atoms with van der Waals surface area (Å²) in [6.45, 7) is 9.21. The molecule has 0 spiro atoms. The summed E-state index contributed by atoms with van der Waals surface area (Å²) < 4.78 is 19.5. The van der Waals surface area contributed by atoms with E-state index in [0.29, 0.717) is 18.1 Å². The van der Waals surface area contributed by atoms with Crippen LogP contribution in [0.4, 0.5) is 10.1 Å². The number of aromatic amines is 1. The number of benzene rings is 1. The summed E-state index contributed by atoms with van der Waals surface area (Å²) in [5, 5.41) is 10.1. The highest BCUT2D eigenvalue weighted by molar-refractivity contribution is 5.92. The predicted octanol–water partition coefficient (Wildman–Crippen LogP) is 2.97. The molecule has 0 unspecified atom stereocenters. The monoisotopic (exact) mass is 426 g/mol. The molecule has 0 bridgehead atoms. The van der Waals surface area contributed by atoms with Crippen molar-refractivity contribution in [3.05, 3.63) is 64.9 Å². The fraction of sp³-hybridized carbons (Fsp3) is 0.409. The van der Waals surface area contributed by atoms with Gasteiger partial charge in [-0.15, -0.1) is 0 Å². The van der Waals surface area contributed by atoms with Gasteiger partial charge in [0.15, 0.2) is 5.69 Å². The molecule has 164 valence electrons. The van der Waals surface area contributed by atoms with Gasteiger partial charge in [-0.2, -0.15) is 5.10 Å². The Bertz CT molecular complexity index is 1030. The van der Waals surface area contributed by atoms with Crippen molar-refractivity contribution in [1.82, 2.24) is 25.4 Å². The summed E-state index contributed by atoms with van der Waals surface area (Å²) in [5.41, 5.74) is 3.66. The van der Waals surface area contributed by atoms with Gasteiger partial charge in [-0.05, 0) is 32.9 Å². The Hall–Kier alpha value is -3.20. The molecule has 1 amide bonds. The first kappa shape index (κ1) is 21.0. The fourth-order valence-corrected chi connectivity index (χ4v) is 4.07. The number of hydrogen-bond acceptors (Lipinski definition) is 6. The number of amides is 1. The number of oxazole rings is 1. The number of anilines is 1. The number of H-pyrrole nitrogens is 1. The molecule has 3 heterocycles. The third-order valence-corrected chi connectivity index (χ3v) is 5.67. The zero-order valence-electron chi connectivity index (χ0n) is 18.0. The SMILES string of the molecule is Cc1n[nH]c(C)c1[C@H](C)NC(=O)c1coc(CN2CCN(c3ccccc3F)CC2)n1. The van der Waals surface area contributed by atoms with Gasteiger partial charge in [0, 0.05) is 37.4 Å². The van der Waals surface area contributed by atoms with Crippen molar-refractivity contribution in [1.29, 1.82) is 0 Å². The topological polar surface area (TPSA) is 90.3 Å². The van der Waals surface area contributed by atoms with Gasteiger partial charge in [-0.25, -0.2) is 9.37 Å². The van der Waals surface area contributed by atoms with Crippen LogP contribution in [0.25, 0.3) is 0 Å². The first-order chi connectivity index (χ1) is 14.9. The van der Waals surface area contributed by atoms with Crippen molar-refractivity contribution >= 4 is 11.6 Å². The van der Waals surface area contributed by atoms with Crippen LogP contribution < -0.4 is 10.2 Å². The molecule has 1 fully saturated rings. The predicted molar refractivity (Wildman–Crippen MR) is 114 cm³/mol. The number of carbonyl (C=O) groups excluding carboxylic acids is 1. The van der Waals surface area contributed by atoms with E-state index in [1.54, 1.807) is 12.1 Å². The first-order valence-electron chi connectivity index (χ1n) is 10.4. The van der Waals surface area contributed by atoms with E-state index in [-0.39, 0.29) is 23.5 Å². The molecule has 1 atom stereocenters. The summed E-state index contributed by atoms with van der Waals surface area (Å²) in [7, 11) is 0. The lowest BCUT2D eigenvalue weighted by Crippen LogP contribution is -2.46. The Labute approximate surface area is 180 Å². The van der Waals surface area contributed by atoms with Crippen LogP contribution in [0.5, 0.6) is 0 Å². The number of halogens is 1. The third kappa shape index (κ3) is 4.61. The van der Waals surface area contributed by atoms with E-state index in [4.69, 9.17) is 4.42 Å². The van der Waals surface area contributed by atoms with Crippen molar-refractivity contribution in [3.63, 3.8) is 0 Å². The molecule has 1 aliphatic rings. The largest absolute Gasteiger partial charge is 0.447 e. The van der Waals surface area contributed by atoms with E-state index in [1.807, 2.05) is 31.7 Å². The average Bonchev–Trinajstić information content (AvgIpc) is 3.35. The van der Waals surface area contributed by atoms with E-state index in [9.17, 15) is 9.18 Å². The summed E-state index contributed by atoms with van der Waals surface area (Å²) in [4.78, 5) is 21.2. The van der Waals surface area contributed by atoms with E-state index in [1.165, 1.54) is 12.3 Å². The molecule has 3 aromatic rings. The molecule has 1 aliphatic heterocycles. The van der Waals surface area contributed by atoms with E-state index >= 15 is 0 Å². The highest BCUT2D eigenvalue weighted by atomic mass is 19.1. The molecule has 8 nitrogen and oxygen atoms in total. The van der Waals surface area contributed by atoms with Crippen molar-refractivity contribution in [2.75, 3.05) is 31.1 Å². The zero-order valence-corrected chi connectivity index (χ0v) is 18.0. The van der Waals surface area contributed by atoms with Gasteiger partial charge in [0.25, 0.3) is 5.91 Å². The molecule has 2 aromatic heterocycles. The molecule has 9 heteroatoms. The zero-order chi connectivity index (χ0) is 22.0. The number of aromatic nitrogens is 3. The number of piperazine rings is 1. The number of rotatable bonds is 6. The molecular formula is C22H27FN6O2. The lowest BCUT2D eigenvalue weighted by Gasteiger charge is -2.35. The van der Waals surface area contributed by atoms with Crippen LogP contribution in [-0.4, -0.2) is 52.2 Å². The Morgan fingerprint density at radius 1 is 1.26 bits per heavy atom. The van der Waals surface area contributed by atoms with Crippen LogP contribution in [0.15, 0.2) is 34.9 Å². The molecule has 0 saturated carbocycles. The van der Waals surface area contributed by atoms with Crippen LogP contribution in [-0.2, 0) is 6.54 Å². The lowest BCUT2D eigenvalue weighted by molar-refractivity contribution is 0.0934. The first-order valence-corrected chi connectivity index (χ1v) is 10.4. The van der Waals surface area contributed by atoms with Gasteiger partial charge in [-0.3, -0.25) is 14.8 Å².